The first kappa shape index (κ1) is 49.4. The number of hydrazine groups is 1. The summed E-state index contributed by atoms with van der Waals surface area (Å²) in [6, 6.07) is 0. The second kappa shape index (κ2) is 33.0. The zero-order valence-corrected chi connectivity index (χ0v) is 32.7. The van der Waals surface area contributed by atoms with Crippen LogP contribution in [-0.4, -0.2) is 133 Å². The molecular weight excluding hydrogens is 652 g/mol. The smallest absolute Gasteiger partial charge is 0.159 e. The Kier molecular flexibility index (Phi) is 32.7. The second-order valence-electron chi connectivity index (χ2n) is 11.9. The molecule has 14 heteroatoms. The predicted octanol–water partition coefficient (Wildman–Crippen LogP) is 5.06. The summed E-state index contributed by atoms with van der Waals surface area (Å²) < 4.78 is 51.2. The average molecular weight is 729 g/mol. The van der Waals surface area contributed by atoms with Gasteiger partial charge >= 0.3 is 0 Å². The fourth-order valence-corrected chi connectivity index (χ4v) is 5.18. The van der Waals surface area contributed by atoms with Gasteiger partial charge in [0.25, 0.3) is 0 Å². The zero-order valence-electron chi connectivity index (χ0n) is 32.7. The number of aliphatic hydroxyl groups excluding tert-OH is 4. The topological polar surface area (TPSA) is 161 Å². The molecule has 4 N–H and O–H groups in total. The molecule has 0 heterocycles. The van der Waals surface area contributed by atoms with E-state index in [4.69, 9.17) is 37.9 Å². The summed E-state index contributed by atoms with van der Waals surface area (Å²) in [5.74, 6) is 0. The maximum absolute atomic E-state index is 9.38. The largest absolute Gasteiger partial charge is 0.396 e. The van der Waals surface area contributed by atoms with E-state index in [9.17, 15) is 20.4 Å². The van der Waals surface area contributed by atoms with Gasteiger partial charge in [-0.15, -0.1) is 0 Å². The Morgan fingerprint density at radius 1 is 0.340 bits per heavy atom. The third-order valence-electron chi connectivity index (χ3n) is 7.84. The van der Waals surface area contributed by atoms with Gasteiger partial charge in [0.05, 0.1) is 26.4 Å². The second-order valence-corrected chi connectivity index (χ2v) is 11.9. The molecule has 0 aliphatic rings. The lowest BCUT2D eigenvalue weighted by Crippen LogP contribution is -2.64. The fraction of sp³-hybridized carbons (Fsp3) is 1.00. The molecule has 0 rings (SSSR count). The molecule has 0 aromatic carbocycles. The van der Waals surface area contributed by atoms with Gasteiger partial charge in [-0.05, 0) is 77.0 Å². The van der Waals surface area contributed by atoms with Crippen LogP contribution in [0, 0.1) is 0 Å². The van der Waals surface area contributed by atoms with Gasteiger partial charge in [0, 0.05) is 26.4 Å². The van der Waals surface area contributed by atoms with Crippen LogP contribution < -0.4 is 0 Å². The molecule has 0 spiro atoms. The highest BCUT2D eigenvalue weighted by molar-refractivity contribution is 4.75. The van der Waals surface area contributed by atoms with Crippen LogP contribution in [0.5, 0.6) is 0 Å². The van der Waals surface area contributed by atoms with Gasteiger partial charge < -0.3 is 58.3 Å². The van der Waals surface area contributed by atoms with Crippen LogP contribution in [0.25, 0.3) is 0 Å². The molecule has 50 heavy (non-hydrogen) atoms. The molecule has 0 aromatic heterocycles. The van der Waals surface area contributed by atoms with Gasteiger partial charge in [-0.1, -0.05) is 55.4 Å². The third kappa shape index (κ3) is 20.0. The monoisotopic (exact) mass is 729 g/mol. The molecule has 0 aliphatic carbocycles. The lowest BCUT2D eigenvalue weighted by Gasteiger charge is -2.51. The van der Waals surface area contributed by atoms with Crippen molar-refractivity contribution in [1.82, 2.24) is 10.0 Å². The van der Waals surface area contributed by atoms with Crippen LogP contribution in [0.4, 0.5) is 0 Å². The normalized spacial score (nSPS) is 17.2. The van der Waals surface area contributed by atoms with Gasteiger partial charge in [0.15, 0.2) is 25.2 Å². The summed E-state index contributed by atoms with van der Waals surface area (Å²) in [4.78, 5) is 0. The van der Waals surface area contributed by atoms with Gasteiger partial charge in [-0.2, -0.15) is 10.0 Å². The van der Waals surface area contributed by atoms with Crippen LogP contribution in [0.1, 0.15) is 132 Å². The van der Waals surface area contributed by atoms with Crippen LogP contribution in [0.2, 0.25) is 0 Å². The molecule has 0 aromatic rings. The Morgan fingerprint density at radius 2 is 0.540 bits per heavy atom. The van der Waals surface area contributed by atoms with Crippen molar-refractivity contribution in [3.05, 3.63) is 0 Å². The molecular formula is C36H76N2O12. The lowest BCUT2D eigenvalue weighted by molar-refractivity contribution is -0.383. The molecule has 0 radical (unpaired) electrons. The van der Waals surface area contributed by atoms with E-state index in [2.05, 4.69) is 10.0 Å². The van der Waals surface area contributed by atoms with Crippen molar-refractivity contribution in [1.29, 1.82) is 0 Å². The Balaban J connectivity index is 7.22. The molecule has 302 valence electrons. The van der Waals surface area contributed by atoms with Crippen molar-refractivity contribution in [2.24, 2.45) is 0 Å². The Hall–Kier alpha value is -0.560. The highest BCUT2D eigenvalue weighted by Gasteiger charge is 2.42. The van der Waals surface area contributed by atoms with Crippen molar-refractivity contribution in [3.8, 4) is 0 Å². The minimum atomic E-state index is -0.560. The molecule has 0 amide bonds. The maximum Gasteiger partial charge on any atom is 0.159 e. The molecule has 0 aliphatic heterocycles. The fourth-order valence-electron chi connectivity index (χ4n) is 5.18. The van der Waals surface area contributed by atoms with Crippen LogP contribution in [-0.2, 0) is 37.9 Å². The van der Waals surface area contributed by atoms with E-state index in [1.807, 2.05) is 55.4 Å². The molecule has 0 bridgehead atoms. The average Bonchev–Trinajstić information content (AvgIpc) is 3.14. The van der Waals surface area contributed by atoms with Crippen LogP contribution in [0.15, 0.2) is 0 Å². The Morgan fingerprint density at radius 3 is 0.680 bits per heavy atom. The van der Waals surface area contributed by atoms with Crippen LogP contribution in [0.3, 0.4) is 0 Å². The summed E-state index contributed by atoms with van der Waals surface area (Å²) in [6.07, 6.45) is 2.13. The van der Waals surface area contributed by atoms with Gasteiger partial charge in [0.1, 0.15) is 24.9 Å². The first-order valence-electron chi connectivity index (χ1n) is 19.4. The van der Waals surface area contributed by atoms with E-state index in [1.54, 1.807) is 0 Å². The van der Waals surface area contributed by atoms with E-state index in [-0.39, 0.29) is 26.4 Å². The molecule has 0 fully saturated rings. The zero-order chi connectivity index (χ0) is 37.6. The summed E-state index contributed by atoms with van der Waals surface area (Å²) in [5.41, 5.74) is 0. The van der Waals surface area contributed by atoms with Gasteiger partial charge in [-0.25, -0.2) is 0 Å². The minimum Gasteiger partial charge on any atom is -0.396 e. The summed E-state index contributed by atoms with van der Waals surface area (Å²) in [5, 5.41) is 41.6. The van der Waals surface area contributed by atoms with Crippen molar-refractivity contribution in [2.75, 3.05) is 52.9 Å². The molecule has 0 saturated heterocycles. The maximum atomic E-state index is 9.38. The summed E-state index contributed by atoms with van der Waals surface area (Å²) >= 11 is 0. The minimum absolute atomic E-state index is 0.0248. The lowest BCUT2D eigenvalue weighted by atomic mass is 10.2. The third-order valence-corrected chi connectivity index (χ3v) is 7.84. The standard InChI is InChI=1S/C36H76N2O12/c1-9-29(47-33(13-5)43-25-17-21-39)37(30(10-2)48-34(14-6)44-26-18-22-40)38(31(11-3)49-35(15-7)45-27-19-23-41)32(12-4)50-36(16-8)46-28-20-24-42/h29-36,39-42H,9-28H2,1-8H3. The van der Waals surface area contributed by atoms with E-state index < -0.39 is 50.1 Å². The van der Waals surface area contributed by atoms with E-state index >= 15 is 0 Å². The Bertz CT molecular complexity index is 617. The number of hydrogen-bond donors (Lipinski definition) is 4. The van der Waals surface area contributed by atoms with Gasteiger partial charge in [0.2, 0.25) is 0 Å². The molecule has 0 saturated carbocycles. The summed E-state index contributed by atoms with van der Waals surface area (Å²) in [6.45, 7) is 17.7. The van der Waals surface area contributed by atoms with Crippen molar-refractivity contribution >= 4 is 0 Å². The first-order valence-corrected chi connectivity index (χ1v) is 19.4. The van der Waals surface area contributed by atoms with E-state index in [0.29, 0.717) is 103 Å². The highest BCUT2D eigenvalue weighted by Crippen LogP contribution is 2.30. The highest BCUT2D eigenvalue weighted by atomic mass is 16.7. The van der Waals surface area contributed by atoms with Crippen molar-refractivity contribution in [3.63, 3.8) is 0 Å². The first-order chi connectivity index (χ1) is 24.3. The SMILES string of the molecule is CCC(OCCCO)OC(CC)N(C(CC)OC(CC)OCCCO)N(C(CC)OC(CC)OCCCO)C(CC)OC(CC)OCCCO. The van der Waals surface area contributed by atoms with E-state index in [1.165, 1.54) is 0 Å². The number of rotatable bonds is 37. The number of ether oxygens (including phenoxy) is 8. The Labute approximate surface area is 303 Å². The van der Waals surface area contributed by atoms with Gasteiger partial charge in [-0.3, -0.25) is 0 Å². The molecule has 8 atom stereocenters. The molecule has 14 nitrogen and oxygen atoms in total. The van der Waals surface area contributed by atoms with Crippen LogP contribution >= 0.6 is 0 Å². The predicted molar refractivity (Wildman–Crippen MR) is 191 cm³/mol. The van der Waals surface area contributed by atoms with Crippen molar-refractivity contribution in [2.45, 2.75) is 183 Å². The number of hydrogen-bond acceptors (Lipinski definition) is 14. The van der Waals surface area contributed by atoms with Crippen molar-refractivity contribution < 1.29 is 58.3 Å². The molecule has 8 unspecified atom stereocenters. The number of aliphatic hydroxyl groups is 4. The number of nitrogens with zero attached hydrogens (tertiary/aromatic N) is 2. The van der Waals surface area contributed by atoms with E-state index in [0.717, 1.165) is 0 Å². The summed E-state index contributed by atoms with van der Waals surface area (Å²) in [7, 11) is 0. The quantitative estimate of drug-likeness (QED) is 0.0382.